The lowest BCUT2D eigenvalue weighted by atomic mass is 10.1. The number of pyridine rings is 1. The minimum absolute atomic E-state index is 0.0841. The van der Waals surface area contributed by atoms with Crippen LogP contribution in [0.25, 0.3) is 22.2 Å². The fourth-order valence-corrected chi connectivity index (χ4v) is 3.94. The summed E-state index contributed by atoms with van der Waals surface area (Å²) >= 11 is 0. The third-order valence-corrected chi connectivity index (χ3v) is 6.29. The maximum atomic E-state index is 13.2. The predicted octanol–water partition coefficient (Wildman–Crippen LogP) is 3.70. The van der Waals surface area contributed by atoms with E-state index in [9.17, 15) is 12.8 Å². The summed E-state index contributed by atoms with van der Waals surface area (Å²) in [6.07, 6.45) is 1.61. The molecule has 0 aliphatic heterocycles. The number of nitrogens with two attached hydrogens (primary N) is 1. The lowest BCUT2D eigenvalue weighted by molar-refractivity contribution is 0.308. The first-order valence-electron chi connectivity index (χ1n) is 9.86. The van der Waals surface area contributed by atoms with Crippen LogP contribution in [-0.2, 0) is 23.7 Å². The number of hydrogen-bond acceptors (Lipinski definition) is 6. The smallest absolute Gasteiger partial charge is 0.232 e. The Morgan fingerprint density at radius 3 is 2.62 bits per heavy atom. The van der Waals surface area contributed by atoms with Crippen molar-refractivity contribution >= 4 is 32.4 Å². The Labute approximate surface area is 184 Å². The number of nitrogens with zero attached hydrogens (tertiary/aromatic N) is 3. The van der Waals surface area contributed by atoms with Crippen molar-refractivity contribution in [3.05, 3.63) is 66.1 Å². The molecule has 0 aliphatic carbocycles. The zero-order valence-electron chi connectivity index (χ0n) is 17.5. The molecule has 166 valence electrons. The second-order valence-electron chi connectivity index (χ2n) is 7.19. The van der Waals surface area contributed by atoms with Crippen molar-refractivity contribution < 1.29 is 17.5 Å². The molecule has 0 spiro atoms. The second-order valence-corrected chi connectivity index (χ2v) is 9.21. The molecule has 0 aliphatic rings. The molecule has 2 aromatic carbocycles. The Morgan fingerprint density at radius 2 is 1.91 bits per heavy atom. The van der Waals surface area contributed by atoms with Crippen LogP contribution in [0.4, 0.5) is 15.9 Å². The number of nitrogen functional groups attached to an aromatic ring is 1. The number of aryl methyl sites for hydroxylation is 1. The average Bonchev–Trinajstić information content (AvgIpc) is 3.12. The summed E-state index contributed by atoms with van der Waals surface area (Å²) in [5.74, 6) is 0.222. The van der Waals surface area contributed by atoms with E-state index < -0.39 is 10.0 Å². The topological polar surface area (TPSA) is 112 Å². The summed E-state index contributed by atoms with van der Waals surface area (Å²) in [6.45, 7) is 1.67. The molecule has 0 amide bonds. The van der Waals surface area contributed by atoms with Gasteiger partial charge in [0.1, 0.15) is 29.7 Å². The van der Waals surface area contributed by atoms with Crippen LogP contribution < -0.4 is 15.2 Å². The number of halogens is 1. The number of ether oxygens (including phenoxy) is 1. The third-order valence-electron chi connectivity index (χ3n) is 5.00. The Kier molecular flexibility index (Phi) is 5.70. The SMILES string of the molecule is CCS(=O)(=O)Nc1ccc(-c2nn(C)c3ccnc(N)c23)cc1OCc1ccc(F)cc1. The summed E-state index contributed by atoms with van der Waals surface area (Å²) in [5, 5.41) is 5.27. The van der Waals surface area contributed by atoms with Crippen LogP contribution in [0.3, 0.4) is 0 Å². The molecular formula is C22H22FN5O3S. The first-order chi connectivity index (χ1) is 15.3. The van der Waals surface area contributed by atoms with E-state index in [4.69, 9.17) is 10.5 Å². The van der Waals surface area contributed by atoms with E-state index in [0.29, 0.717) is 33.9 Å². The van der Waals surface area contributed by atoms with Crippen LogP contribution in [0.1, 0.15) is 12.5 Å². The quantitative estimate of drug-likeness (QED) is 0.439. The van der Waals surface area contributed by atoms with E-state index in [1.165, 1.54) is 12.1 Å². The molecule has 3 N–H and O–H groups in total. The Balaban J connectivity index is 1.77. The Morgan fingerprint density at radius 1 is 1.16 bits per heavy atom. The van der Waals surface area contributed by atoms with Crippen LogP contribution in [0, 0.1) is 5.82 Å². The third kappa shape index (κ3) is 4.35. The van der Waals surface area contributed by atoms with Crippen molar-refractivity contribution in [2.45, 2.75) is 13.5 Å². The highest BCUT2D eigenvalue weighted by molar-refractivity contribution is 7.92. The first-order valence-corrected chi connectivity index (χ1v) is 11.5. The average molecular weight is 456 g/mol. The lowest BCUT2D eigenvalue weighted by Gasteiger charge is -2.14. The van der Waals surface area contributed by atoms with Gasteiger partial charge in [0.2, 0.25) is 10.0 Å². The van der Waals surface area contributed by atoms with Crippen molar-refractivity contribution in [1.29, 1.82) is 0 Å². The number of sulfonamides is 1. The van der Waals surface area contributed by atoms with Gasteiger partial charge >= 0.3 is 0 Å². The molecule has 0 fully saturated rings. The summed E-state index contributed by atoms with van der Waals surface area (Å²) in [7, 11) is -1.72. The van der Waals surface area contributed by atoms with E-state index in [2.05, 4.69) is 14.8 Å². The van der Waals surface area contributed by atoms with Gasteiger partial charge in [-0.25, -0.2) is 17.8 Å². The second kappa shape index (κ2) is 8.46. The summed E-state index contributed by atoms with van der Waals surface area (Å²) in [5.41, 5.74) is 9.24. The summed E-state index contributed by atoms with van der Waals surface area (Å²) < 4.78 is 47.7. The van der Waals surface area contributed by atoms with Crippen molar-refractivity contribution in [1.82, 2.24) is 14.8 Å². The molecule has 0 atom stereocenters. The highest BCUT2D eigenvalue weighted by Gasteiger charge is 2.18. The Bertz CT molecular complexity index is 1380. The van der Waals surface area contributed by atoms with E-state index >= 15 is 0 Å². The van der Waals surface area contributed by atoms with Crippen LogP contribution in [0.15, 0.2) is 54.7 Å². The van der Waals surface area contributed by atoms with Gasteiger partial charge < -0.3 is 10.5 Å². The molecule has 4 rings (SSSR count). The van der Waals surface area contributed by atoms with Crippen molar-refractivity contribution in [3.8, 4) is 17.0 Å². The van der Waals surface area contributed by atoms with Gasteiger partial charge in [0.25, 0.3) is 0 Å². The van der Waals surface area contributed by atoms with Gasteiger partial charge in [-0.15, -0.1) is 0 Å². The van der Waals surface area contributed by atoms with Gasteiger partial charge in [-0.05, 0) is 42.8 Å². The fourth-order valence-electron chi connectivity index (χ4n) is 3.29. The molecule has 8 nitrogen and oxygen atoms in total. The van der Waals surface area contributed by atoms with E-state index in [-0.39, 0.29) is 18.2 Å². The predicted molar refractivity (Wildman–Crippen MR) is 122 cm³/mol. The van der Waals surface area contributed by atoms with Crippen LogP contribution in [0.5, 0.6) is 5.75 Å². The molecule has 0 radical (unpaired) electrons. The zero-order valence-corrected chi connectivity index (χ0v) is 18.4. The van der Waals surface area contributed by atoms with E-state index in [1.54, 1.807) is 55.2 Å². The molecule has 0 unspecified atom stereocenters. The number of anilines is 2. The normalized spacial score (nSPS) is 11.6. The molecule has 2 aromatic heterocycles. The van der Waals surface area contributed by atoms with Crippen LogP contribution in [-0.4, -0.2) is 28.9 Å². The molecule has 0 bridgehead atoms. The van der Waals surface area contributed by atoms with Gasteiger partial charge in [-0.1, -0.05) is 18.2 Å². The minimum atomic E-state index is -3.53. The zero-order chi connectivity index (χ0) is 22.9. The van der Waals surface area contributed by atoms with Gasteiger partial charge in [0.05, 0.1) is 22.3 Å². The van der Waals surface area contributed by atoms with E-state index in [0.717, 1.165) is 11.1 Å². The number of rotatable bonds is 7. The van der Waals surface area contributed by atoms with Crippen LogP contribution in [0.2, 0.25) is 0 Å². The maximum Gasteiger partial charge on any atom is 0.232 e. The summed E-state index contributed by atoms with van der Waals surface area (Å²) in [6, 6.07) is 12.8. The van der Waals surface area contributed by atoms with Crippen molar-refractivity contribution in [3.63, 3.8) is 0 Å². The molecule has 32 heavy (non-hydrogen) atoms. The largest absolute Gasteiger partial charge is 0.487 e. The van der Waals surface area contributed by atoms with Crippen LogP contribution >= 0.6 is 0 Å². The molecule has 10 heteroatoms. The Hall–Kier alpha value is -3.66. The molecule has 2 heterocycles. The van der Waals surface area contributed by atoms with Gasteiger partial charge in [-0.2, -0.15) is 5.10 Å². The number of aromatic nitrogens is 3. The maximum absolute atomic E-state index is 13.2. The van der Waals surface area contributed by atoms with Crippen molar-refractivity contribution in [2.24, 2.45) is 7.05 Å². The summed E-state index contributed by atoms with van der Waals surface area (Å²) in [4.78, 5) is 4.16. The molecule has 4 aromatic rings. The monoisotopic (exact) mass is 455 g/mol. The highest BCUT2D eigenvalue weighted by atomic mass is 32.2. The fraction of sp³-hybridized carbons (Fsp3) is 0.182. The van der Waals surface area contributed by atoms with E-state index in [1.807, 2.05) is 6.07 Å². The highest BCUT2D eigenvalue weighted by Crippen LogP contribution is 2.36. The standard InChI is InChI=1S/C22H22FN5O3S/c1-3-32(29,30)27-17-9-6-15(12-19(17)31-13-14-4-7-16(23)8-5-14)21-20-18(28(2)26-21)10-11-25-22(20)24/h4-12,27H,3,13H2,1-2H3,(H2,24,25). The number of benzene rings is 2. The number of fused-ring (bicyclic) bond motifs is 1. The molecule has 0 saturated heterocycles. The lowest BCUT2D eigenvalue weighted by Crippen LogP contribution is -2.15. The van der Waals surface area contributed by atoms with Gasteiger partial charge in [0.15, 0.2) is 0 Å². The molecule has 0 saturated carbocycles. The van der Waals surface area contributed by atoms with Gasteiger partial charge in [0, 0.05) is 18.8 Å². The number of nitrogens with one attached hydrogen (secondary N) is 1. The number of hydrogen-bond donors (Lipinski definition) is 2. The van der Waals surface area contributed by atoms with Crippen molar-refractivity contribution in [2.75, 3.05) is 16.2 Å². The minimum Gasteiger partial charge on any atom is -0.487 e. The van der Waals surface area contributed by atoms with Gasteiger partial charge in [-0.3, -0.25) is 9.40 Å². The molecular weight excluding hydrogens is 433 g/mol. The first kappa shape index (κ1) is 21.6.